The van der Waals surface area contributed by atoms with Crippen LogP contribution >= 0.6 is 0 Å². The van der Waals surface area contributed by atoms with Crippen molar-refractivity contribution in [2.75, 3.05) is 19.7 Å². The molecule has 0 bridgehead atoms. The second-order valence-electron chi connectivity index (χ2n) is 8.00. The number of rotatable bonds is 8. The van der Waals surface area contributed by atoms with E-state index in [1.807, 2.05) is 30.3 Å². The zero-order valence-corrected chi connectivity index (χ0v) is 19.9. The number of aliphatic imine (C=N–C) groups is 1. The molecular weight excluding hydrogens is 454 g/mol. The fourth-order valence-corrected chi connectivity index (χ4v) is 3.89. The van der Waals surface area contributed by atoms with E-state index >= 15 is 0 Å². The standard InChI is InChI=1S/C24H29N5O6/c1-15(30)35-29-17-10-11-19-18(12-17)20(21(31)24(2,34-19)22(32-3)33-4)28-23(27-14-25)26-13-16-8-6-5-7-9-16/h5-12,20-22,29,31H,13H2,1-4H3,(H2,26,27,28). The van der Waals surface area contributed by atoms with Gasteiger partial charge in [-0.2, -0.15) is 5.26 Å². The molecule has 3 rings (SSSR count). The monoisotopic (exact) mass is 483 g/mol. The summed E-state index contributed by atoms with van der Waals surface area (Å²) >= 11 is 0. The summed E-state index contributed by atoms with van der Waals surface area (Å²) in [5, 5.41) is 26.9. The van der Waals surface area contributed by atoms with Gasteiger partial charge in [0.25, 0.3) is 0 Å². The number of ether oxygens (including phenoxy) is 3. The Labute approximate surface area is 203 Å². The van der Waals surface area contributed by atoms with Gasteiger partial charge in [-0.1, -0.05) is 30.3 Å². The predicted octanol–water partition coefficient (Wildman–Crippen LogP) is 1.97. The quantitative estimate of drug-likeness (QED) is 0.144. The summed E-state index contributed by atoms with van der Waals surface area (Å²) in [5.74, 6) is 0.0697. The molecule has 1 aliphatic rings. The fourth-order valence-electron chi connectivity index (χ4n) is 3.89. The molecular formula is C24H29N5O6. The Kier molecular flexibility index (Phi) is 8.48. The molecule has 0 radical (unpaired) electrons. The highest BCUT2D eigenvalue weighted by Crippen LogP contribution is 2.43. The Hall–Kier alpha value is -3.85. The predicted molar refractivity (Wildman–Crippen MR) is 127 cm³/mol. The normalized spacial score (nSPS) is 21.3. The van der Waals surface area contributed by atoms with Crippen LogP contribution in [0.15, 0.2) is 53.5 Å². The first-order valence-electron chi connectivity index (χ1n) is 10.8. The summed E-state index contributed by atoms with van der Waals surface area (Å²) in [4.78, 5) is 19.9. The highest BCUT2D eigenvalue weighted by Gasteiger charge is 2.52. The van der Waals surface area contributed by atoms with Gasteiger partial charge in [-0.15, -0.1) is 4.99 Å². The van der Waals surface area contributed by atoms with Gasteiger partial charge in [0.15, 0.2) is 11.9 Å². The Balaban J connectivity index is 1.96. The maximum absolute atomic E-state index is 11.5. The average Bonchev–Trinajstić information content (AvgIpc) is 2.85. The number of aliphatic hydroxyl groups is 1. The van der Waals surface area contributed by atoms with Crippen LogP contribution < -0.4 is 20.9 Å². The summed E-state index contributed by atoms with van der Waals surface area (Å²) in [5.41, 5.74) is 3.20. The molecule has 1 aliphatic heterocycles. The zero-order valence-electron chi connectivity index (χ0n) is 19.9. The molecule has 2 aromatic rings. The van der Waals surface area contributed by atoms with Crippen molar-refractivity contribution in [2.45, 2.75) is 44.4 Å². The first kappa shape index (κ1) is 25.8. The molecule has 0 spiro atoms. The number of hydrogen-bond donors (Lipinski definition) is 4. The molecule has 1 heterocycles. The number of carbonyl (C=O) groups excluding carboxylic acids is 1. The van der Waals surface area contributed by atoms with Crippen molar-refractivity contribution < 1.29 is 28.9 Å². The number of hydrogen-bond acceptors (Lipinski definition) is 9. The van der Waals surface area contributed by atoms with E-state index in [0.717, 1.165) is 5.56 Å². The van der Waals surface area contributed by atoms with Crippen LogP contribution in [0.2, 0.25) is 0 Å². The van der Waals surface area contributed by atoms with E-state index in [4.69, 9.17) is 19.0 Å². The minimum absolute atomic E-state index is 0.153. The van der Waals surface area contributed by atoms with Crippen LogP contribution in [-0.2, 0) is 25.7 Å². The van der Waals surface area contributed by atoms with Gasteiger partial charge in [0.2, 0.25) is 12.2 Å². The van der Waals surface area contributed by atoms with E-state index in [2.05, 4.69) is 21.1 Å². The zero-order chi connectivity index (χ0) is 25.4. The maximum atomic E-state index is 11.5. The van der Waals surface area contributed by atoms with E-state index in [1.165, 1.54) is 21.1 Å². The molecule has 35 heavy (non-hydrogen) atoms. The van der Waals surface area contributed by atoms with Crippen molar-refractivity contribution >= 4 is 17.6 Å². The summed E-state index contributed by atoms with van der Waals surface area (Å²) < 4.78 is 17.0. The van der Waals surface area contributed by atoms with Crippen LogP contribution in [0.1, 0.15) is 31.0 Å². The lowest BCUT2D eigenvalue weighted by molar-refractivity contribution is -0.238. The lowest BCUT2D eigenvalue weighted by atomic mass is 9.84. The largest absolute Gasteiger partial charge is 0.479 e. The van der Waals surface area contributed by atoms with Gasteiger partial charge in [0, 0.05) is 33.3 Å². The SMILES string of the molecule is COC(OC)C1(C)Oc2ccc(NOC(C)=O)cc2C(NC(=NC#N)NCc2ccccc2)C1O. The average molecular weight is 484 g/mol. The van der Waals surface area contributed by atoms with Gasteiger partial charge < -0.3 is 34.8 Å². The number of methoxy groups -OCH3 is 2. The molecule has 0 saturated heterocycles. The summed E-state index contributed by atoms with van der Waals surface area (Å²) in [6, 6.07) is 13.8. The van der Waals surface area contributed by atoms with E-state index in [0.29, 0.717) is 23.5 Å². The molecule has 11 nitrogen and oxygen atoms in total. The molecule has 4 N–H and O–H groups in total. The third-order valence-corrected chi connectivity index (χ3v) is 5.54. The number of nitrogens with zero attached hydrogens (tertiary/aromatic N) is 2. The minimum Gasteiger partial charge on any atom is -0.479 e. The molecule has 0 saturated carbocycles. The van der Waals surface area contributed by atoms with Crippen LogP contribution in [0.4, 0.5) is 5.69 Å². The third-order valence-electron chi connectivity index (χ3n) is 5.54. The Bertz CT molecular complexity index is 1090. The first-order chi connectivity index (χ1) is 16.8. The Morgan fingerprint density at radius 2 is 1.97 bits per heavy atom. The molecule has 0 aliphatic carbocycles. The number of carbonyl (C=O) groups is 1. The van der Waals surface area contributed by atoms with Gasteiger partial charge in [0.05, 0.1) is 11.7 Å². The van der Waals surface area contributed by atoms with Crippen molar-refractivity contribution in [1.82, 2.24) is 10.6 Å². The van der Waals surface area contributed by atoms with Gasteiger partial charge in [-0.05, 0) is 30.7 Å². The molecule has 0 aromatic heterocycles. The van der Waals surface area contributed by atoms with Gasteiger partial charge >= 0.3 is 5.97 Å². The van der Waals surface area contributed by atoms with Crippen LogP contribution in [0, 0.1) is 11.5 Å². The van der Waals surface area contributed by atoms with Crippen molar-refractivity contribution in [3.8, 4) is 11.9 Å². The fraction of sp³-hybridized carbons (Fsp3) is 0.375. The number of anilines is 1. The van der Waals surface area contributed by atoms with E-state index < -0.39 is 30.0 Å². The number of guanidine groups is 1. The number of benzene rings is 2. The number of nitriles is 1. The van der Waals surface area contributed by atoms with Crippen LogP contribution in [0.3, 0.4) is 0 Å². The summed E-state index contributed by atoms with van der Waals surface area (Å²) in [6.07, 6.45) is -0.358. The van der Waals surface area contributed by atoms with Crippen LogP contribution in [0.25, 0.3) is 0 Å². The van der Waals surface area contributed by atoms with Crippen molar-refractivity contribution in [3.63, 3.8) is 0 Å². The van der Waals surface area contributed by atoms with Gasteiger partial charge in [-0.3, -0.25) is 4.79 Å². The van der Waals surface area contributed by atoms with E-state index in [9.17, 15) is 15.2 Å². The molecule has 11 heteroatoms. The minimum atomic E-state index is -1.32. The van der Waals surface area contributed by atoms with Crippen molar-refractivity contribution in [2.24, 2.45) is 4.99 Å². The highest BCUT2D eigenvalue weighted by atomic mass is 16.7. The topological polar surface area (TPSA) is 146 Å². The first-order valence-corrected chi connectivity index (χ1v) is 10.8. The second kappa shape index (κ2) is 11.5. The van der Waals surface area contributed by atoms with Gasteiger partial charge in [0.1, 0.15) is 11.9 Å². The molecule has 3 unspecified atom stereocenters. The van der Waals surface area contributed by atoms with E-state index in [-0.39, 0.29) is 5.96 Å². The smallest absolute Gasteiger partial charge is 0.329 e. The Morgan fingerprint density at radius 1 is 1.26 bits per heavy atom. The molecule has 186 valence electrons. The summed E-state index contributed by atoms with van der Waals surface area (Å²) in [6.45, 7) is 3.33. The Morgan fingerprint density at radius 3 is 2.60 bits per heavy atom. The molecule has 2 aromatic carbocycles. The summed E-state index contributed by atoms with van der Waals surface area (Å²) in [7, 11) is 2.90. The lowest BCUT2D eigenvalue weighted by Gasteiger charge is -2.47. The van der Waals surface area contributed by atoms with Crippen LogP contribution in [-0.4, -0.2) is 49.3 Å². The highest BCUT2D eigenvalue weighted by molar-refractivity contribution is 5.81. The third kappa shape index (κ3) is 5.99. The molecule has 0 fully saturated rings. The number of aliphatic hydroxyl groups excluding tert-OH is 1. The molecule has 0 amide bonds. The van der Waals surface area contributed by atoms with Crippen molar-refractivity contribution in [1.29, 1.82) is 5.26 Å². The van der Waals surface area contributed by atoms with E-state index in [1.54, 1.807) is 31.3 Å². The number of fused-ring (bicyclic) bond motifs is 1. The van der Waals surface area contributed by atoms with Crippen LogP contribution in [0.5, 0.6) is 5.75 Å². The second-order valence-corrected chi connectivity index (χ2v) is 8.00. The van der Waals surface area contributed by atoms with Crippen molar-refractivity contribution in [3.05, 3.63) is 59.7 Å². The number of nitrogens with one attached hydrogen (secondary N) is 3. The van der Waals surface area contributed by atoms with Gasteiger partial charge in [-0.25, -0.2) is 5.48 Å². The lowest BCUT2D eigenvalue weighted by Crippen LogP contribution is -2.62. The maximum Gasteiger partial charge on any atom is 0.329 e. The molecule has 3 atom stereocenters.